The molecule has 1 aromatic heterocycles. The zero-order valence-corrected chi connectivity index (χ0v) is 18.1. The van der Waals surface area contributed by atoms with Gasteiger partial charge >= 0.3 is 0 Å². The number of H-pyrrole nitrogens is 1. The number of benzene rings is 2. The van der Waals surface area contributed by atoms with Crippen LogP contribution in [0.1, 0.15) is 48.5 Å². The number of fused-ring (bicyclic) bond motifs is 1. The SMILES string of the molecule is COc1ccc(NC(=O)c2ccc3c(=O)n(C4CCCCC4)c(=S)[nH]c3c2)cc1Cl. The number of hydrogen-bond donors (Lipinski definition) is 2. The van der Waals surface area contributed by atoms with E-state index in [1.165, 1.54) is 13.5 Å². The average molecular weight is 444 g/mol. The van der Waals surface area contributed by atoms with Gasteiger partial charge in [-0.1, -0.05) is 30.9 Å². The molecule has 1 aliphatic rings. The van der Waals surface area contributed by atoms with Crippen molar-refractivity contribution >= 4 is 46.3 Å². The molecule has 0 unspecified atom stereocenters. The van der Waals surface area contributed by atoms with Crippen LogP contribution < -0.4 is 15.6 Å². The third-order valence-corrected chi connectivity index (χ3v) is 6.14. The molecule has 1 aliphatic carbocycles. The van der Waals surface area contributed by atoms with Crippen LogP contribution in [-0.2, 0) is 0 Å². The van der Waals surface area contributed by atoms with E-state index in [1.807, 2.05) is 0 Å². The van der Waals surface area contributed by atoms with Crippen molar-refractivity contribution in [1.29, 1.82) is 0 Å². The second-order valence-electron chi connectivity index (χ2n) is 7.46. The maximum Gasteiger partial charge on any atom is 0.262 e. The van der Waals surface area contributed by atoms with Crippen LogP contribution in [0.3, 0.4) is 0 Å². The Morgan fingerprint density at radius 2 is 1.97 bits per heavy atom. The first-order valence-electron chi connectivity index (χ1n) is 9.91. The van der Waals surface area contributed by atoms with Gasteiger partial charge in [-0.2, -0.15) is 0 Å². The number of aromatic amines is 1. The van der Waals surface area contributed by atoms with Crippen LogP contribution >= 0.6 is 23.8 Å². The number of ether oxygens (including phenoxy) is 1. The van der Waals surface area contributed by atoms with Crippen molar-refractivity contribution in [2.24, 2.45) is 0 Å². The second-order valence-corrected chi connectivity index (χ2v) is 8.25. The number of hydrogen-bond acceptors (Lipinski definition) is 4. The maximum atomic E-state index is 13.1. The van der Waals surface area contributed by atoms with Gasteiger partial charge in [0, 0.05) is 17.3 Å². The molecule has 0 bridgehead atoms. The largest absolute Gasteiger partial charge is 0.495 e. The lowest BCUT2D eigenvalue weighted by molar-refractivity contribution is 0.102. The topological polar surface area (TPSA) is 76.1 Å². The lowest BCUT2D eigenvalue weighted by atomic mass is 9.95. The molecule has 8 heteroatoms. The number of rotatable bonds is 4. The first kappa shape index (κ1) is 20.6. The summed E-state index contributed by atoms with van der Waals surface area (Å²) in [6.45, 7) is 0. The van der Waals surface area contributed by atoms with Crippen LogP contribution in [-0.4, -0.2) is 22.6 Å². The normalized spacial score (nSPS) is 14.6. The Bertz CT molecular complexity index is 1230. The summed E-state index contributed by atoms with van der Waals surface area (Å²) in [5.74, 6) is 0.219. The van der Waals surface area contributed by atoms with Crippen molar-refractivity contribution in [3.8, 4) is 5.75 Å². The molecule has 1 amide bonds. The highest BCUT2D eigenvalue weighted by molar-refractivity contribution is 7.71. The van der Waals surface area contributed by atoms with E-state index in [9.17, 15) is 9.59 Å². The molecule has 1 saturated carbocycles. The first-order valence-corrected chi connectivity index (χ1v) is 10.7. The molecular formula is C22H22ClN3O3S. The fourth-order valence-corrected chi connectivity index (χ4v) is 4.59. The Morgan fingerprint density at radius 1 is 1.20 bits per heavy atom. The van der Waals surface area contributed by atoms with Crippen LogP contribution in [0.2, 0.25) is 5.02 Å². The summed E-state index contributed by atoms with van der Waals surface area (Å²) in [6.07, 6.45) is 5.35. The number of carbonyl (C=O) groups is 1. The first-order chi connectivity index (χ1) is 14.5. The fourth-order valence-electron chi connectivity index (χ4n) is 3.99. The summed E-state index contributed by atoms with van der Waals surface area (Å²) < 4.78 is 7.23. The van der Waals surface area contributed by atoms with E-state index in [-0.39, 0.29) is 17.5 Å². The van der Waals surface area contributed by atoms with Gasteiger partial charge in [-0.05, 0) is 61.5 Å². The molecule has 6 nitrogen and oxygen atoms in total. The highest BCUT2D eigenvalue weighted by Gasteiger charge is 2.19. The van der Waals surface area contributed by atoms with Crippen molar-refractivity contribution in [1.82, 2.24) is 9.55 Å². The zero-order chi connectivity index (χ0) is 21.3. The average Bonchev–Trinajstić information content (AvgIpc) is 2.74. The van der Waals surface area contributed by atoms with E-state index in [4.69, 9.17) is 28.6 Å². The lowest BCUT2D eigenvalue weighted by Crippen LogP contribution is -2.28. The highest BCUT2D eigenvalue weighted by Crippen LogP contribution is 2.29. The number of carbonyl (C=O) groups excluding carboxylic acids is 1. The van der Waals surface area contributed by atoms with Crippen LogP contribution in [0, 0.1) is 4.77 Å². The van der Waals surface area contributed by atoms with E-state index in [0.717, 1.165) is 25.7 Å². The minimum absolute atomic E-state index is 0.102. The number of methoxy groups -OCH3 is 1. The molecule has 1 heterocycles. The summed E-state index contributed by atoms with van der Waals surface area (Å²) >= 11 is 11.6. The molecule has 2 aromatic carbocycles. The number of anilines is 1. The Balaban J connectivity index is 1.65. The van der Waals surface area contributed by atoms with E-state index in [0.29, 0.717) is 37.7 Å². The smallest absolute Gasteiger partial charge is 0.262 e. The minimum atomic E-state index is -0.311. The third-order valence-electron chi connectivity index (χ3n) is 5.54. The molecule has 0 saturated heterocycles. The summed E-state index contributed by atoms with van der Waals surface area (Å²) in [6, 6.07) is 10.1. The molecular weight excluding hydrogens is 422 g/mol. The van der Waals surface area contributed by atoms with E-state index < -0.39 is 0 Å². The van der Waals surface area contributed by atoms with E-state index in [1.54, 1.807) is 41.0 Å². The number of amides is 1. The number of nitrogens with one attached hydrogen (secondary N) is 2. The molecule has 0 aliphatic heterocycles. The number of nitrogens with zero attached hydrogens (tertiary/aromatic N) is 1. The third kappa shape index (κ3) is 4.00. The van der Waals surface area contributed by atoms with Crippen LogP contribution in [0.15, 0.2) is 41.2 Å². The Hall–Kier alpha value is -2.64. The maximum absolute atomic E-state index is 13.1. The molecule has 156 valence electrons. The number of halogens is 1. The quantitative estimate of drug-likeness (QED) is 0.523. The summed E-state index contributed by atoms with van der Waals surface area (Å²) in [5, 5.41) is 3.74. The molecule has 1 fully saturated rings. The Labute approximate surface area is 183 Å². The minimum Gasteiger partial charge on any atom is -0.495 e. The standard InChI is InChI=1S/C22H22ClN3O3S/c1-29-19-10-8-14(12-17(19)23)24-20(27)13-7-9-16-18(11-13)25-22(30)26(21(16)28)15-5-3-2-4-6-15/h7-12,15H,2-6H2,1H3,(H,24,27)(H,25,30). The predicted molar refractivity (Wildman–Crippen MR) is 121 cm³/mol. The Kier molecular flexibility index (Phi) is 5.92. The van der Waals surface area contributed by atoms with Gasteiger partial charge in [0.15, 0.2) is 4.77 Å². The van der Waals surface area contributed by atoms with Crippen LogP contribution in [0.4, 0.5) is 5.69 Å². The molecule has 0 radical (unpaired) electrons. The Morgan fingerprint density at radius 3 is 2.67 bits per heavy atom. The van der Waals surface area contributed by atoms with Gasteiger partial charge in [-0.25, -0.2) is 0 Å². The highest BCUT2D eigenvalue weighted by atomic mass is 35.5. The molecule has 3 aromatic rings. The van der Waals surface area contributed by atoms with Crippen LogP contribution in [0.5, 0.6) is 5.75 Å². The van der Waals surface area contributed by atoms with Crippen LogP contribution in [0.25, 0.3) is 10.9 Å². The molecule has 0 atom stereocenters. The van der Waals surface area contributed by atoms with Gasteiger partial charge in [0.1, 0.15) is 5.75 Å². The van der Waals surface area contributed by atoms with Gasteiger partial charge in [-0.15, -0.1) is 0 Å². The van der Waals surface area contributed by atoms with Gasteiger partial charge in [0.05, 0.1) is 23.0 Å². The van der Waals surface area contributed by atoms with Gasteiger partial charge in [0.2, 0.25) is 0 Å². The summed E-state index contributed by atoms with van der Waals surface area (Å²) in [4.78, 5) is 28.9. The predicted octanol–water partition coefficient (Wildman–Crippen LogP) is 5.48. The van der Waals surface area contributed by atoms with E-state index >= 15 is 0 Å². The molecule has 0 spiro atoms. The molecule has 30 heavy (non-hydrogen) atoms. The van der Waals surface area contributed by atoms with Crippen molar-refractivity contribution in [3.63, 3.8) is 0 Å². The summed E-state index contributed by atoms with van der Waals surface area (Å²) in [5.41, 5.74) is 1.41. The van der Waals surface area contributed by atoms with Crippen molar-refractivity contribution < 1.29 is 9.53 Å². The van der Waals surface area contributed by atoms with Crippen molar-refractivity contribution in [2.75, 3.05) is 12.4 Å². The molecule has 2 N–H and O–H groups in total. The van der Waals surface area contributed by atoms with Crippen molar-refractivity contribution in [2.45, 2.75) is 38.1 Å². The van der Waals surface area contributed by atoms with E-state index in [2.05, 4.69) is 10.3 Å². The molecule has 4 rings (SSSR count). The lowest BCUT2D eigenvalue weighted by Gasteiger charge is -2.24. The monoisotopic (exact) mass is 443 g/mol. The van der Waals surface area contributed by atoms with Crippen molar-refractivity contribution in [3.05, 3.63) is 62.1 Å². The zero-order valence-electron chi connectivity index (χ0n) is 16.5. The summed E-state index contributed by atoms with van der Waals surface area (Å²) in [7, 11) is 1.53. The van der Waals surface area contributed by atoms with Gasteiger partial charge in [-0.3, -0.25) is 14.2 Å². The van der Waals surface area contributed by atoms with Gasteiger partial charge < -0.3 is 15.0 Å². The number of aromatic nitrogens is 2. The van der Waals surface area contributed by atoms with Gasteiger partial charge in [0.25, 0.3) is 11.5 Å². The fraction of sp³-hybridized carbons (Fsp3) is 0.318. The second kappa shape index (κ2) is 8.62.